The van der Waals surface area contributed by atoms with E-state index in [-0.39, 0.29) is 17.5 Å². The molecule has 11 rings (SSSR count). The minimum Gasteiger partial charge on any atom is -0.456 e. The van der Waals surface area contributed by atoms with Gasteiger partial charge in [0.1, 0.15) is 11.2 Å². The van der Waals surface area contributed by atoms with E-state index in [1.807, 2.05) is 0 Å². The molecule has 0 saturated heterocycles. The molecule has 0 spiro atoms. The van der Waals surface area contributed by atoms with Gasteiger partial charge < -0.3 is 14.2 Å². The van der Waals surface area contributed by atoms with Crippen molar-refractivity contribution in [1.29, 1.82) is 0 Å². The lowest BCUT2D eigenvalue weighted by Crippen LogP contribution is -2.61. The minimum absolute atomic E-state index is 0.00455. The maximum atomic E-state index is 6.40. The fourth-order valence-corrected chi connectivity index (χ4v) is 11.3. The SMILES string of the molecule is Cc1ccccc1-c1cc2c(cc1C)N(c1c(C)cccc1C)c1cc(C(C)(C)C)cc3c1B2c1ccc(C(C)(C)C)cc1N3c1c(C)cc(-c2cccc3oc4ccccc4c23)cc1C. The first-order chi connectivity index (χ1) is 31.5. The van der Waals surface area contributed by atoms with Crippen LogP contribution in [0.1, 0.15) is 86.1 Å². The van der Waals surface area contributed by atoms with Crippen LogP contribution in [0.15, 0.2) is 144 Å². The van der Waals surface area contributed by atoms with E-state index in [1.165, 1.54) is 117 Å². The molecule has 0 fully saturated rings. The van der Waals surface area contributed by atoms with Crippen LogP contribution in [-0.4, -0.2) is 6.71 Å². The van der Waals surface area contributed by atoms with Gasteiger partial charge in [-0.05, 0) is 184 Å². The van der Waals surface area contributed by atoms with E-state index >= 15 is 0 Å². The number of furan rings is 1. The van der Waals surface area contributed by atoms with Crippen molar-refractivity contribution in [3.05, 3.63) is 184 Å². The van der Waals surface area contributed by atoms with E-state index in [0.717, 1.165) is 21.9 Å². The monoisotopic (exact) mass is 858 g/mol. The Balaban J connectivity index is 1.25. The lowest BCUT2D eigenvalue weighted by atomic mass is 9.33. The molecular weight excluding hydrogens is 800 g/mol. The standard InChI is InChI=1S/C62H59BN2O/c1-36-19-13-14-22-45(36)48-35-50-51(31-39(48)4)64(59-37(2)20-17-21-38(59)3)53-33-44(62(10,11)12)34-54-58(53)63(50)49-28-27-43(61(7,8)9)32-52(49)65(54)60-40(5)29-42(30-41(60)6)46-24-18-26-56-57(46)47-23-15-16-25-55(47)66-56/h13-35H,1-12H3. The summed E-state index contributed by atoms with van der Waals surface area (Å²) in [6, 6.07) is 52.8. The summed E-state index contributed by atoms with van der Waals surface area (Å²) in [4.78, 5) is 5.28. The fourth-order valence-electron chi connectivity index (χ4n) is 11.3. The third-order valence-electron chi connectivity index (χ3n) is 14.7. The average molecular weight is 859 g/mol. The van der Waals surface area contributed by atoms with E-state index in [0.29, 0.717) is 0 Å². The van der Waals surface area contributed by atoms with Gasteiger partial charge in [0.05, 0.1) is 11.4 Å². The Morgan fingerprint density at radius 3 is 1.62 bits per heavy atom. The quantitative estimate of drug-likeness (QED) is 0.164. The summed E-state index contributed by atoms with van der Waals surface area (Å²) in [5, 5.41) is 2.31. The van der Waals surface area contributed by atoms with Crippen molar-refractivity contribution in [2.75, 3.05) is 9.80 Å². The number of anilines is 6. The molecule has 0 saturated carbocycles. The summed E-state index contributed by atoms with van der Waals surface area (Å²) in [6.45, 7) is 27.8. The third kappa shape index (κ3) is 6.39. The molecule has 3 heterocycles. The maximum Gasteiger partial charge on any atom is 0.252 e. The Morgan fingerprint density at radius 2 is 0.955 bits per heavy atom. The zero-order valence-corrected chi connectivity index (χ0v) is 40.7. The summed E-state index contributed by atoms with van der Waals surface area (Å²) in [5.74, 6) is 0. The van der Waals surface area contributed by atoms with E-state index < -0.39 is 0 Å². The summed E-state index contributed by atoms with van der Waals surface area (Å²) in [6.07, 6.45) is 0. The second-order valence-electron chi connectivity index (χ2n) is 21.3. The number of benzene rings is 8. The summed E-state index contributed by atoms with van der Waals surface area (Å²) < 4.78 is 6.40. The predicted molar refractivity (Wildman–Crippen MR) is 284 cm³/mol. The van der Waals surface area contributed by atoms with Crippen molar-refractivity contribution in [2.45, 2.75) is 93.9 Å². The van der Waals surface area contributed by atoms with Crippen LogP contribution in [0, 0.1) is 41.5 Å². The molecule has 3 nitrogen and oxygen atoms in total. The van der Waals surface area contributed by atoms with Gasteiger partial charge in [0.15, 0.2) is 0 Å². The molecule has 0 unspecified atom stereocenters. The summed E-state index contributed by atoms with van der Waals surface area (Å²) in [5.41, 5.74) is 28.4. The van der Waals surface area contributed by atoms with Crippen LogP contribution in [0.25, 0.3) is 44.2 Å². The first-order valence-electron chi connectivity index (χ1n) is 23.7. The molecule has 0 bridgehead atoms. The van der Waals surface area contributed by atoms with Crippen molar-refractivity contribution in [2.24, 2.45) is 0 Å². The highest BCUT2D eigenvalue weighted by Gasteiger charge is 2.45. The first kappa shape index (κ1) is 41.9. The van der Waals surface area contributed by atoms with Crippen molar-refractivity contribution >= 4 is 79.2 Å². The van der Waals surface area contributed by atoms with Gasteiger partial charge in [-0.1, -0.05) is 133 Å². The molecule has 0 aliphatic carbocycles. The maximum absolute atomic E-state index is 6.40. The smallest absolute Gasteiger partial charge is 0.252 e. The molecule has 2 aliphatic heterocycles. The molecule has 0 atom stereocenters. The second kappa shape index (κ2) is 14.9. The van der Waals surface area contributed by atoms with Crippen LogP contribution in [0.3, 0.4) is 0 Å². The Bertz CT molecular complexity index is 3440. The van der Waals surface area contributed by atoms with Gasteiger partial charge in [-0.2, -0.15) is 0 Å². The van der Waals surface area contributed by atoms with E-state index in [9.17, 15) is 0 Å². The van der Waals surface area contributed by atoms with Gasteiger partial charge >= 0.3 is 0 Å². The molecule has 1 aromatic heterocycles. The molecule has 2 aliphatic rings. The van der Waals surface area contributed by atoms with Gasteiger partial charge in [0, 0.05) is 33.5 Å². The topological polar surface area (TPSA) is 19.6 Å². The third-order valence-corrected chi connectivity index (χ3v) is 14.7. The normalized spacial score (nSPS) is 13.4. The Hall–Kier alpha value is -6.78. The fraction of sp³-hybridized carbons (Fsp3) is 0.226. The highest BCUT2D eigenvalue weighted by molar-refractivity contribution is 7.00. The first-order valence-corrected chi connectivity index (χ1v) is 23.7. The molecule has 66 heavy (non-hydrogen) atoms. The molecule has 8 aromatic carbocycles. The van der Waals surface area contributed by atoms with E-state index in [4.69, 9.17) is 4.42 Å². The zero-order valence-electron chi connectivity index (χ0n) is 40.7. The van der Waals surface area contributed by atoms with Crippen LogP contribution in [0.4, 0.5) is 34.1 Å². The van der Waals surface area contributed by atoms with Crippen molar-refractivity contribution < 1.29 is 4.42 Å². The Morgan fingerprint density at radius 1 is 0.409 bits per heavy atom. The van der Waals surface area contributed by atoms with Crippen LogP contribution in [0.5, 0.6) is 0 Å². The highest BCUT2D eigenvalue weighted by atomic mass is 16.3. The highest BCUT2D eigenvalue weighted by Crippen LogP contribution is 2.50. The molecule has 4 heteroatoms. The lowest BCUT2D eigenvalue weighted by Gasteiger charge is -2.46. The Labute approximate surface area is 391 Å². The number of rotatable bonds is 4. The minimum atomic E-state index is -0.127. The van der Waals surface area contributed by atoms with Crippen LogP contribution >= 0.6 is 0 Å². The lowest BCUT2D eigenvalue weighted by molar-refractivity contribution is 0.590. The average Bonchev–Trinajstić information content (AvgIpc) is 3.66. The summed E-state index contributed by atoms with van der Waals surface area (Å²) in [7, 11) is 0. The second-order valence-corrected chi connectivity index (χ2v) is 21.3. The van der Waals surface area contributed by atoms with Gasteiger partial charge in [0.25, 0.3) is 6.71 Å². The van der Waals surface area contributed by atoms with Crippen molar-refractivity contribution in [1.82, 2.24) is 0 Å². The number of fused-ring (bicyclic) bond motifs is 7. The number of hydrogen-bond acceptors (Lipinski definition) is 3. The van der Waals surface area contributed by atoms with Crippen LogP contribution in [0.2, 0.25) is 0 Å². The van der Waals surface area contributed by atoms with Crippen LogP contribution in [-0.2, 0) is 10.8 Å². The number of para-hydroxylation sites is 2. The Kier molecular flexibility index (Phi) is 9.44. The molecule has 326 valence electrons. The van der Waals surface area contributed by atoms with Gasteiger partial charge in [0.2, 0.25) is 0 Å². The zero-order chi connectivity index (χ0) is 46.1. The van der Waals surface area contributed by atoms with E-state index in [1.54, 1.807) is 0 Å². The molecule has 9 aromatic rings. The van der Waals surface area contributed by atoms with Gasteiger partial charge in [-0.15, -0.1) is 0 Å². The van der Waals surface area contributed by atoms with Crippen molar-refractivity contribution in [3.8, 4) is 22.3 Å². The molecular formula is C62H59BN2O. The largest absolute Gasteiger partial charge is 0.456 e. The predicted octanol–water partition coefficient (Wildman–Crippen LogP) is 15.4. The summed E-state index contributed by atoms with van der Waals surface area (Å²) >= 11 is 0. The van der Waals surface area contributed by atoms with Crippen LogP contribution < -0.4 is 26.2 Å². The molecule has 0 N–H and O–H groups in total. The molecule has 0 radical (unpaired) electrons. The molecule has 0 amide bonds. The number of aryl methyl sites for hydroxylation is 6. The van der Waals surface area contributed by atoms with Crippen molar-refractivity contribution in [3.63, 3.8) is 0 Å². The van der Waals surface area contributed by atoms with Gasteiger partial charge in [-0.3, -0.25) is 0 Å². The number of nitrogens with zero attached hydrogens (tertiary/aromatic N) is 2. The van der Waals surface area contributed by atoms with E-state index in [2.05, 4.69) is 232 Å². The number of hydrogen-bond donors (Lipinski definition) is 0. The van der Waals surface area contributed by atoms with Gasteiger partial charge in [-0.25, -0.2) is 0 Å².